The molecule has 3 nitrogen and oxygen atoms in total. The number of rotatable bonds is 5. The number of benzene rings is 1. The van der Waals surface area contributed by atoms with Gasteiger partial charge in [0.15, 0.2) is 0 Å². The lowest BCUT2D eigenvalue weighted by Crippen LogP contribution is -2.31. The minimum Gasteiger partial charge on any atom is -0.329 e. The molecule has 0 saturated carbocycles. The Morgan fingerprint density at radius 3 is 2.70 bits per heavy atom. The maximum absolute atomic E-state index is 12.4. The first-order valence-electron chi connectivity index (χ1n) is 6.26. The van der Waals surface area contributed by atoms with Crippen LogP contribution in [0.2, 0.25) is 5.02 Å². The standard InChI is InChI=1S/C16H15ClN2O/c1-2-10-19(12-13-6-4-3-5-7-13)16(20)15-11-14(17)8-9-18-15/h2-9,11H,1,10,12H2. The number of hydrogen-bond acceptors (Lipinski definition) is 2. The van der Waals surface area contributed by atoms with E-state index in [1.165, 1.54) is 6.20 Å². The summed E-state index contributed by atoms with van der Waals surface area (Å²) in [6.45, 7) is 4.67. The highest BCUT2D eigenvalue weighted by Gasteiger charge is 2.16. The summed E-state index contributed by atoms with van der Waals surface area (Å²) in [5.74, 6) is -0.156. The predicted octanol–water partition coefficient (Wildman–Crippen LogP) is 3.56. The van der Waals surface area contributed by atoms with Gasteiger partial charge in [-0.25, -0.2) is 0 Å². The average molecular weight is 287 g/mol. The van der Waals surface area contributed by atoms with Crippen LogP contribution in [0.1, 0.15) is 16.1 Å². The summed E-state index contributed by atoms with van der Waals surface area (Å²) in [4.78, 5) is 18.2. The van der Waals surface area contributed by atoms with Gasteiger partial charge in [-0.05, 0) is 17.7 Å². The van der Waals surface area contributed by atoms with Crippen molar-refractivity contribution in [3.05, 3.63) is 77.6 Å². The Morgan fingerprint density at radius 1 is 1.30 bits per heavy atom. The monoisotopic (exact) mass is 286 g/mol. The van der Waals surface area contributed by atoms with E-state index in [1.54, 1.807) is 23.1 Å². The minimum absolute atomic E-state index is 0.156. The highest BCUT2D eigenvalue weighted by molar-refractivity contribution is 6.30. The van der Waals surface area contributed by atoms with Crippen molar-refractivity contribution in [3.63, 3.8) is 0 Å². The van der Waals surface area contributed by atoms with Gasteiger partial charge in [0.05, 0.1) is 0 Å². The third kappa shape index (κ3) is 3.68. The molecule has 0 bridgehead atoms. The lowest BCUT2D eigenvalue weighted by molar-refractivity contribution is 0.0757. The van der Waals surface area contributed by atoms with E-state index in [9.17, 15) is 4.79 Å². The van der Waals surface area contributed by atoms with Gasteiger partial charge in [0.2, 0.25) is 0 Å². The molecule has 102 valence electrons. The van der Waals surface area contributed by atoms with E-state index in [4.69, 9.17) is 11.6 Å². The number of carbonyl (C=O) groups is 1. The van der Waals surface area contributed by atoms with E-state index in [-0.39, 0.29) is 5.91 Å². The molecular weight excluding hydrogens is 272 g/mol. The first kappa shape index (κ1) is 14.3. The second-order valence-electron chi connectivity index (χ2n) is 4.32. The summed E-state index contributed by atoms with van der Waals surface area (Å²) in [5.41, 5.74) is 1.40. The molecule has 0 atom stereocenters. The molecule has 1 heterocycles. The van der Waals surface area contributed by atoms with Gasteiger partial charge in [-0.15, -0.1) is 6.58 Å². The molecule has 0 saturated heterocycles. The van der Waals surface area contributed by atoms with Crippen LogP contribution in [0.3, 0.4) is 0 Å². The lowest BCUT2D eigenvalue weighted by atomic mass is 10.2. The molecule has 0 radical (unpaired) electrons. The minimum atomic E-state index is -0.156. The average Bonchev–Trinajstić information content (AvgIpc) is 2.47. The fourth-order valence-electron chi connectivity index (χ4n) is 1.86. The van der Waals surface area contributed by atoms with Crippen molar-refractivity contribution < 1.29 is 4.79 Å². The van der Waals surface area contributed by atoms with Crippen LogP contribution in [0.15, 0.2) is 61.3 Å². The van der Waals surface area contributed by atoms with Gasteiger partial charge in [0.25, 0.3) is 5.91 Å². The zero-order valence-electron chi connectivity index (χ0n) is 11.0. The number of halogens is 1. The molecule has 1 amide bonds. The molecule has 1 aromatic carbocycles. The number of carbonyl (C=O) groups excluding carboxylic acids is 1. The van der Waals surface area contributed by atoms with E-state index in [1.807, 2.05) is 30.3 Å². The van der Waals surface area contributed by atoms with E-state index < -0.39 is 0 Å². The van der Waals surface area contributed by atoms with Gasteiger partial charge in [-0.1, -0.05) is 48.0 Å². The second-order valence-corrected chi connectivity index (χ2v) is 4.76. The molecule has 0 aliphatic carbocycles. The first-order valence-corrected chi connectivity index (χ1v) is 6.64. The van der Waals surface area contributed by atoms with Gasteiger partial charge in [0, 0.05) is 24.3 Å². The van der Waals surface area contributed by atoms with Crippen molar-refractivity contribution in [1.82, 2.24) is 9.88 Å². The summed E-state index contributed by atoms with van der Waals surface area (Å²) in [7, 11) is 0. The normalized spacial score (nSPS) is 10.1. The van der Waals surface area contributed by atoms with Crippen LogP contribution in [0, 0.1) is 0 Å². The molecule has 2 rings (SSSR count). The molecule has 0 spiro atoms. The van der Waals surface area contributed by atoms with E-state index in [0.717, 1.165) is 5.56 Å². The smallest absolute Gasteiger partial charge is 0.273 e. The fraction of sp³-hybridized carbons (Fsp3) is 0.125. The molecule has 2 aromatic rings. The molecule has 0 N–H and O–H groups in total. The van der Waals surface area contributed by atoms with Crippen LogP contribution in [0.4, 0.5) is 0 Å². The zero-order valence-corrected chi connectivity index (χ0v) is 11.8. The maximum Gasteiger partial charge on any atom is 0.273 e. The molecule has 4 heteroatoms. The summed E-state index contributed by atoms with van der Waals surface area (Å²) in [5, 5.41) is 0.501. The summed E-state index contributed by atoms with van der Waals surface area (Å²) < 4.78 is 0. The Hall–Kier alpha value is -2.13. The highest BCUT2D eigenvalue weighted by atomic mass is 35.5. The SMILES string of the molecule is C=CCN(Cc1ccccc1)C(=O)c1cc(Cl)ccn1. The van der Waals surface area contributed by atoms with Crippen molar-refractivity contribution in [2.75, 3.05) is 6.54 Å². The van der Waals surface area contributed by atoms with Gasteiger partial charge in [0.1, 0.15) is 5.69 Å². The Bertz CT molecular complexity index is 598. The van der Waals surface area contributed by atoms with Crippen molar-refractivity contribution in [3.8, 4) is 0 Å². The molecule has 20 heavy (non-hydrogen) atoms. The Balaban J connectivity index is 2.20. The lowest BCUT2D eigenvalue weighted by Gasteiger charge is -2.20. The molecule has 1 aromatic heterocycles. The molecular formula is C16H15ClN2O. The molecule has 0 fully saturated rings. The predicted molar refractivity (Wildman–Crippen MR) is 80.6 cm³/mol. The van der Waals surface area contributed by atoms with Crippen LogP contribution in [0.25, 0.3) is 0 Å². The summed E-state index contributed by atoms with van der Waals surface area (Å²) in [6, 6.07) is 13.0. The Kier molecular flexibility index (Phi) is 4.91. The van der Waals surface area contributed by atoms with Crippen LogP contribution in [-0.4, -0.2) is 22.3 Å². The Labute approximate surface area is 123 Å². The van der Waals surface area contributed by atoms with Gasteiger partial charge >= 0.3 is 0 Å². The van der Waals surface area contributed by atoms with Crippen LogP contribution >= 0.6 is 11.6 Å². The van der Waals surface area contributed by atoms with Crippen molar-refractivity contribution in [2.24, 2.45) is 0 Å². The molecule has 0 aliphatic heterocycles. The van der Waals surface area contributed by atoms with E-state index >= 15 is 0 Å². The Morgan fingerprint density at radius 2 is 2.05 bits per heavy atom. The van der Waals surface area contributed by atoms with E-state index in [0.29, 0.717) is 23.8 Å². The van der Waals surface area contributed by atoms with Crippen LogP contribution in [0.5, 0.6) is 0 Å². The highest BCUT2D eigenvalue weighted by Crippen LogP contribution is 2.12. The molecule has 0 aliphatic rings. The third-order valence-electron chi connectivity index (χ3n) is 2.79. The molecule has 0 unspecified atom stereocenters. The number of nitrogens with zero attached hydrogens (tertiary/aromatic N) is 2. The van der Waals surface area contributed by atoms with Crippen molar-refractivity contribution >= 4 is 17.5 Å². The maximum atomic E-state index is 12.4. The first-order chi connectivity index (χ1) is 9.70. The number of pyridine rings is 1. The second kappa shape index (κ2) is 6.87. The number of aromatic nitrogens is 1. The van der Waals surface area contributed by atoms with Crippen molar-refractivity contribution in [2.45, 2.75) is 6.54 Å². The quantitative estimate of drug-likeness (QED) is 0.787. The summed E-state index contributed by atoms with van der Waals surface area (Å²) >= 11 is 5.90. The fourth-order valence-corrected chi connectivity index (χ4v) is 2.02. The van der Waals surface area contributed by atoms with Crippen LogP contribution < -0.4 is 0 Å². The van der Waals surface area contributed by atoms with Gasteiger partial charge < -0.3 is 4.90 Å². The van der Waals surface area contributed by atoms with Crippen LogP contribution in [-0.2, 0) is 6.54 Å². The number of amides is 1. The zero-order chi connectivity index (χ0) is 14.4. The van der Waals surface area contributed by atoms with Gasteiger partial charge in [-0.3, -0.25) is 9.78 Å². The topological polar surface area (TPSA) is 33.2 Å². The van der Waals surface area contributed by atoms with Crippen molar-refractivity contribution in [1.29, 1.82) is 0 Å². The number of hydrogen-bond donors (Lipinski definition) is 0. The van der Waals surface area contributed by atoms with Gasteiger partial charge in [-0.2, -0.15) is 0 Å². The largest absolute Gasteiger partial charge is 0.329 e. The summed E-state index contributed by atoms with van der Waals surface area (Å²) in [6.07, 6.45) is 3.23. The third-order valence-corrected chi connectivity index (χ3v) is 3.03. The van der Waals surface area contributed by atoms with E-state index in [2.05, 4.69) is 11.6 Å².